The average Bonchev–Trinajstić information content (AvgIpc) is 3.08. The van der Waals surface area contributed by atoms with Gasteiger partial charge in [-0.2, -0.15) is 5.10 Å². The Hall–Kier alpha value is -3.95. The molecule has 2 aromatic carbocycles. The highest BCUT2D eigenvalue weighted by Crippen LogP contribution is 2.37. The Morgan fingerprint density at radius 2 is 1.96 bits per heavy atom. The van der Waals surface area contributed by atoms with E-state index in [1.165, 1.54) is 25.1 Å². The highest BCUT2D eigenvalue weighted by Gasteiger charge is 2.22. The van der Waals surface area contributed by atoms with Gasteiger partial charge >= 0.3 is 0 Å². The molecule has 1 aliphatic heterocycles. The Balaban J connectivity index is 1.75. The number of rotatable bonds is 5. The van der Waals surface area contributed by atoms with Crippen molar-refractivity contribution in [2.45, 2.75) is 6.92 Å². The normalized spacial score (nSPS) is 12.0. The number of carbonyl (C=O) groups is 2. The van der Waals surface area contributed by atoms with Crippen LogP contribution in [0.2, 0.25) is 0 Å². The van der Waals surface area contributed by atoms with Crippen LogP contribution in [0.25, 0.3) is 0 Å². The minimum absolute atomic E-state index is 0.0194. The molecule has 0 spiro atoms. The lowest BCUT2D eigenvalue weighted by Gasteiger charge is -2.05. The fourth-order valence-electron chi connectivity index (χ4n) is 2.37. The molecule has 0 radical (unpaired) electrons. The molecule has 3 rings (SSSR count). The first-order valence-corrected chi connectivity index (χ1v) is 7.73. The molecule has 27 heavy (non-hydrogen) atoms. The second-order valence-corrected chi connectivity index (χ2v) is 5.48. The summed E-state index contributed by atoms with van der Waals surface area (Å²) in [5.41, 5.74) is 2.93. The van der Waals surface area contributed by atoms with E-state index in [-0.39, 0.29) is 35.3 Å². The van der Waals surface area contributed by atoms with Crippen LogP contribution in [0.1, 0.15) is 22.8 Å². The molecule has 0 aromatic heterocycles. The van der Waals surface area contributed by atoms with Crippen LogP contribution in [0.5, 0.6) is 11.5 Å². The van der Waals surface area contributed by atoms with Gasteiger partial charge in [0.15, 0.2) is 11.5 Å². The van der Waals surface area contributed by atoms with Gasteiger partial charge in [-0.05, 0) is 24.3 Å². The maximum Gasteiger partial charge on any atom is 0.282 e. The van der Waals surface area contributed by atoms with E-state index in [2.05, 4.69) is 15.8 Å². The van der Waals surface area contributed by atoms with E-state index in [4.69, 9.17) is 9.47 Å². The van der Waals surface area contributed by atoms with E-state index in [0.717, 1.165) is 6.21 Å². The number of anilines is 1. The van der Waals surface area contributed by atoms with Crippen LogP contribution in [-0.4, -0.2) is 29.7 Å². The van der Waals surface area contributed by atoms with Crippen molar-refractivity contribution in [2.75, 3.05) is 12.1 Å². The summed E-state index contributed by atoms with van der Waals surface area (Å²) in [4.78, 5) is 33.9. The molecular weight excluding hydrogens is 356 g/mol. The number of hydrazone groups is 1. The number of nitrogens with one attached hydrogen (secondary N) is 2. The van der Waals surface area contributed by atoms with Gasteiger partial charge in [0.2, 0.25) is 12.7 Å². The Bertz CT molecular complexity index is 956. The molecule has 2 N–H and O–H groups in total. The lowest BCUT2D eigenvalue weighted by atomic mass is 10.1. The van der Waals surface area contributed by atoms with Gasteiger partial charge in [0.1, 0.15) is 0 Å². The lowest BCUT2D eigenvalue weighted by Crippen LogP contribution is -2.18. The van der Waals surface area contributed by atoms with Crippen molar-refractivity contribution in [3.8, 4) is 11.5 Å². The zero-order chi connectivity index (χ0) is 19.4. The van der Waals surface area contributed by atoms with Crippen molar-refractivity contribution in [1.29, 1.82) is 0 Å². The quantitative estimate of drug-likeness (QED) is 0.470. The molecule has 1 aliphatic rings. The smallest absolute Gasteiger partial charge is 0.282 e. The summed E-state index contributed by atoms with van der Waals surface area (Å²) in [6, 6.07) is 8.91. The third kappa shape index (κ3) is 4.18. The molecule has 0 aliphatic carbocycles. The molecule has 10 nitrogen and oxygen atoms in total. The van der Waals surface area contributed by atoms with Crippen LogP contribution in [0, 0.1) is 10.1 Å². The standard InChI is InChI=1S/C17H14N4O6/c1-10(22)19-13-4-2-3-11(5-13)17(23)20-18-8-12-6-15-16(27-9-26-15)7-14(12)21(24)25/h2-8H,9H2,1H3,(H,19,22)(H,20,23)/b18-8-. The van der Waals surface area contributed by atoms with Gasteiger partial charge < -0.3 is 14.8 Å². The molecule has 0 fully saturated rings. The molecule has 10 heteroatoms. The lowest BCUT2D eigenvalue weighted by molar-refractivity contribution is -0.385. The number of hydrogen-bond donors (Lipinski definition) is 2. The minimum atomic E-state index is -0.581. The van der Waals surface area contributed by atoms with Crippen molar-refractivity contribution in [2.24, 2.45) is 5.10 Å². The topological polar surface area (TPSA) is 132 Å². The monoisotopic (exact) mass is 370 g/mol. The molecule has 0 saturated carbocycles. The van der Waals surface area contributed by atoms with Gasteiger partial charge in [-0.3, -0.25) is 19.7 Å². The summed E-state index contributed by atoms with van der Waals surface area (Å²) in [6.07, 6.45) is 1.15. The first-order valence-electron chi connectivity index (χ1n) is 7.73. The van der Waals surface area contributed by atoms with Crippen LogP contribution in [-0.2, 0) is 4.79 Å². The van der Waals surface area contributed by atoms with Gasteiger partial charge in [-0.15, -0.1) is 0 Å². The summed E-state index contributed by atoms with van der Waals surface area (Å²) in [7, 11) is 0. The van der Waals surface area contributed by atoms with Gasteiger partial charge in [0.05, 0.1) is 22.8 Å². The number of amides is 2. The van der Waals surface area contributed by atoms with E-state index in [1.807, 2.05) is 0 Å². The maximum atomic E-state index is 12.2. The van der Waals surface area contributed by atoms with E-state index in [0.29, 0.717) is 11.4 Å². The molecule has 0 saturated heterocycles. The zero-order valence-corrected chi connectivity index (χ0v) is 14.1. The van der Waals surface area contributed by atoms with Crippen molar-refractivity contribution < 1.29 is 24.0 Å². The predicted octanol–water partition coefficient (Wildman–Crippen LogP) is 2.05. The maximum absolute atomic E-state index is 12.2. The van der Waals surface area contributed by atoms with E-state index < -0.39 is 10.8 Å². The summed E-state index contributed by atoms with van der Waals surface area (Å²) in [5, 5.41) is 17.5. The average molecular weight is 370 g/mol. The van der Waals surface area contributed by atoms with E-state index in [1.54, 1.807) is 18.2 Å². The molecule has 2 aromatic rings. The summed E-state index contributed by atoms with van der Waals surface area (Å²) in [6.45, 7) is 1.34. The van der Waals surface area contributed by atoms with Crippen LogP contribution < -0.4 is 20.2 Å². The summed E-state index contributed by atoms with van der Waals surface area (Å²) < 4.78 is 10.3. The molecule has 138 valence electrons. The highest BCUT2D eigenvalue weighted by molar-refractivity contribution is 5.97. The Morgan fingerprint density at radius 3 is 2.67 bits per heavy atom. The van der Waals surface area contributed by atoms with Gasteiger partial charge in [-0.1, -0.05) is 6.07 Å². The fourth-order valence-corrected chi connectivity index (χ4v) is 2.37. The Kier molecular flexibility index (Phi) is 4.97. The first-order chi connectivity index (χ1) is 12.9. The third-order valence-corrected chi connectivity index (χ3v) is 3.53. The van der Waals surface area contributed by atoms with Crippen molar-refractivity contribution in [1.82, 2.24) is 5.43 Å². The molecule has 0 unspecified atom stereocenters. The summed E-state index contributed by atoms with van der Waals surface area (Å²) in [5.74, 6) is -0.170. The Labute approximate surface area is 152 Å². The Morgan fingerprint density at radius 1 is 1.22 bits per heavy atom. The fraction of sp³-hybridized carbons (Fsp3) is 0.118. The number of fused-ring (bicyclic) bond motifs is 1. The highest BCUT2D eigenvalue weighted by atomic mass is 16.7. The summed E-state index contributed by atoms with van der Waals surface area (Å²) >= 11 is 0. The number of carbonyl (C=O) groups excluding carboxylic acids is 2. The van der Waals surface area contributed by atoms with Crippen molar-refractivity contribution in [3.05, 3.63) is 57.6 Å². The number of nitro groups is 1. The van der Waals surface area contributed by atoms with Crippen molar-refractivity contribution >= 4 is 29.4 Å². The van der Waals surface area contributed by atoms with Crippen LogP contribution in [0.15, 0.2) is 41.5 Å². The number of hydrogen-bond acceptors (Lipinski definition) is 7. The second-order valence-electron chi connectivity index (χ2n) is 5.48. The van der Waals surface area contributed by atoms with Crippen LogP contribution in [0.3, 0.4) is 0 Å². The zero-order valence-electron chi connectivity index (χ0n) is 14.1. The number of nitrogens with zero attached hydrogens (tertiary/aromatic N) is 2. The molecular formula is C17H14N4O6. The minimum Gasteiger partial charge on any atom is -0.454 e. The number of benzene rings is 2. The molecule has 0 atom stereocenters. The van der Waals surface area contributed by atoms with Crippen LogP contribution >= 0.6 is 0 Å². The van der Waals surface area contributed by atoms with Crippen molar-refractivity contribution in [3.63, 3.8) is 0 Å². The number of ether oxygens (including phenoxy) is 2. The van der Waals surface area contributed by atoms with E-state index >= 15 is 0 Å². The largest absolute Gasteiger partial charge is 0.454 e. The van der Waals surface area contributed by atoms with Gasteiger partial charge in [-0.25, -0.2) is 5.43 Å². The molecule has 1 heterocycles. The number of nitro benzene ring substituents is 1. The van der Waals surface area contributed by atoms with Gasteiger partial charge in [0.25, 0.3) is 11.6 Å². The first kappa shape index (κ1) is 17.9. The van der Waals surface area contributed by atoms with Crippen LogP contribution in [0.4, 0.5) is 11.4 Å². The van der Waals surface area contributed by atoms with E-state index in [9.17, 15) is 19.7 Å². The third-order valence-electron chi connectivity index (χ3n) is 3.53. The molecule has 0 bridgehead atoms. The predicted molar refractivity (Wildman–Crippen MR) is 95.0 cm³/mol. The molecule has 2 amide bonds. The second kappa shape index (κ2) is 7.52. The SMILES string of the molecule is CC(=O)Nc1cccc(C(=O)N/N=C\c2cc3c(cc2[N+](=O)[O-])OCO3)c1. The van der Waals surface area contributed by atoms with Gasteiger partial charge in [0, 0.05) is 18.2 Å².